The van der Waals surface area contributed by atoms with E-state index in [-0.39, 0.29) is 6.92 Å². The van der Waals surface area contributed by atoms with Crippen LogP contribution in [0.2, 0.25) is 0 Å². The largest absolute Gasteiger partial charge is 0.429 e. The smallest absolute Gasteiger partial charge is 0.380 e. The van der Waals surface area contributed by atoms with Crippen LogP contribution in [-0.2, 0) is 4.65 Å². The van der Waals surface area contributed by atoms with Gasteiger partial charge >= 0.3 is 6.92 Å². The molecule has 74 valence electrons. The lowest BCUT2D eigenvalue weighted by atomic mass is 9.58. The van der Waals surface area contributed by atoms with Gasteiger partial charge in [0.1, 0.15) is 0 Å². The maximum absolute atomic E-state index is 5.46. The van der Waals surface area contributed by atoms with Crippen molar-refractivity contribution in [2.45, 2.75) is 0 Å². The Morgan fingerprint density at radius 2 is 1.73 bits per heavy atom. The lowest BCUT2D eigenvalue weighted by Gasteiger charge is -2.10. The molecule has 1 aromatic heterocycles. The first-order valence-corrected chi connectivity index (χ1v) is 4.90. The molecule has 0 aliphatic carbocycles. The zero-order chi connectivity index (χ0) is 10.5. The van der Waals surface area contributed by atoms with E-state index >= 15 is 0 Å². The van der Waals surface area contributed by atoms with Crippen molar-refractivity contribution in [2.75, 3.05) is 7.11 Å². The van der Waals surface area contributed by atoms with Crippen LogP contribution in [-0.4, -0.2) is 19.0 Å². The highest BCUT2D eigenvalue weighted by atomic mass is 16.4. The van der Waals surface area contributed by atoms with Gasteiger partial charge < -0.3 is 4.65 Å². The van der Waals surface area contributed by atoms with Crippen molar-refractivity contribution in [3.63, 3.8) is 0 Å². The van der Waals surface area contributed by atoms with Gasteiger partial charge in [-0.3, -0.25) is 4.98 Å². The van der Waals surface area contributed by atoms with Crippen molar-refractivity contribution in [3.8, 4) is 0 Å². The van der Waals surface area contributed by atoms with Crippen molar-refractivity contribution in [1.29, 1.82) is 0 Å². The molecule has 0 saturated heterocycles. The fourth-order valence-electron chi connectivity index (χ4n) is 1.59. The monoisotopic (exact) mass is 197 g/mol. The summed E-state index contributed by atoms with van der Waals surface area (Å²) in [6, 6.07) is 15.9. The van der Waals surface area contributed by atoms with Crippen LogP contribution < -0.4 is 11.1 Å². The Labute approximate surface area is 90.0 Å². The molecule has 15 heavy (non-hydrogen) atoms. The predicted octanol–water partition coefficient (Wildman–Crippen LogP) is 0.834. The third kappa shape index (κ3) is 2.25. The highest BCUT2D eigenvalue weighted by Crippen LogP contribution is 1.90. The van der Waals surface area contributed by atoms with E-state index in [1.165, 1.54) is 0 Å². The molecule has 0 saturated carbocycles. The van der Waals surface area contributed by atoms with Gasteiger partial charge in [0.25, 0.3) is 0 Å². The molecule has 0 radical (unpaired) electrons. The molecule has 1 heterocycles. The Kier molecular flexibility index (Phi) is 3.15. The summed E-state index contributed by atoms with van der Waals surface area (Å²) in [7, 11) is 1.70. The summed E-state index contributed by atoms with van der Waals surface area (Å²) in [5.74, 6) is 0. The minimum Gasteiger partial charge on any atom is -0.429 e. The second kappa shape index (κ2) is 4.76. The van der Waals surface area contributed by atoms with Gasteiger partial charge in [-0.05, 0) is 17.6 Å². The number of pyridine rings is 1. The van der Waals surface area contributed by atoms with Gasteiger partial charge in [0.05, 0.1) is 0 Å². The van der Waals surface area contributed by atoms with Crippen LogP contribution in [0.5, 0.6) is 0 Å². The minimum atomic E-state index is -0.0765. The van der Waals surface area contributed by atoms with Crippen molar-refractivity contribution in [2.24, 2.45) is 0 Å². The number of aromatic nitrogens is 1. The van der Waals surface area contributed by atoms with Gasteiger partial charge in [-0.1, -0.05) is 36.4 Å². The summed E-state index contributed by atoms with van der Waals surface area (Å²) in [5, 5.41) is 0. The fraction of sp³-hybridized carbons (Fsp3) is 0.0833. The molecule has 0 aliphatic rings. The van der Waals surface area contributed by atoms with Crippen LogP contribution in [0.15, 0.2) is 54.7 Å². The molecule has 0 amide bonds. The first-order valence-electron chi connectivity index (χ1n) is 4.90. The molecule has 1 aromatic carbocycles. The van der Waals surface area contributed by atoms with Gasteiger partial charge in [0, 0.05) is 18.9 Å². The van der Waals surface area contributed by atoms with Gasteiger partial charge in [-0.25, -0.2) is 0 Å². The van der Waals surface area contributed by atoms with Crippen LogP contribution in [0.4, 0.5) is 0 Å². The molecule has 0 N–H and O–H groups in total. The first-order chi connectivity index (χ1) is 7.42. The lowest BCUT2D eigenvalue weighted by molar-refractivity contribution is 0.438. The summed E-state index contributed by atoms with van der Waals surface area (Å²) in [5.41, 5.74) is 2.06. The van der Waals surface area contributed by atoms with Crippen LogP contribution in [0.3, 0.4) is 0 Å². The molecule has 0 unspecified atom stereocenters. The highest BCUT2D eigenvalue weighted by Gasteiger charge is 2.20. The summed E-state index contributed by atoms with van der Waals surface area (Å²) in [6.45, 7) is -0.0765. The quantitative estimate of drug-likeness (QED) is 0.680. The predicted molar refractivity (Wildman–Crippen MR) is 62.7 cm³/mol. The summed E-state index contributed by atoms with van der Waals surface area (Å²) in [6.07, 6.45) is 1.78. The molecule has 0 aliphatic heterocycles. The maximum atomic E-state index is 5.46. The summed E-state index contributed by atoms with van der Waals surface area (Å²) >= 11 is 0. The van der Waals surface area contributed by atoms with Gasteiger partial charge in [-0.2, -0.15) is 0 Å². The molecular formula is C12H12BNO. The zero-order valence-corrected chi connectivity index (χ0v) is 8.63. The average molecular weight is 197 g/mol. The van der Waals surface area contributed by atoms with Crippen LogP contribution in [0.1, 0.15) is 0 Å². The Morgan fingerprint density at radius 1 is 1.00 bits per heavy atom. The van der Waals surface area contributed by atoms with Crippen LogP contribution >= 0.6 is 0 Å². The Hall–Kier alpha value is -1.61. The minimum absolute atomic E-state index is 0.0765. The van der Waals surface area contributed by atoms with E-state index in [0.717, 1.165) is 11.1 Å². The third-order valence-corrected chi connectivity index (χ3v) is 2.29. The van der Waals surface area contributed by atoms with Crippen molar-refractivity contribution >= 4 is 18.0 Å². The number of hydrogen-bond acceptors (Lipinski definition) is 2. The third-order valence-electron chi connectivity index (χ3n) is 2.29. The van der Waals surface area contributed by atoms with E-state index < -0.39 is 0 Å². The first kappa shape index (κ1) is 9.93. The second-order valence-corrected chi connectivity index (χ2v) is 3.28. The van der Waals surface area contributed by atoms with E-state index in [0.29, 0.717) is 0 Å². The van der Waals surface area contributed by atoms with Gasteiger partial charge in [0.2, 0.25) is 0 Å². The molecule has 0 atom stereocenters. The normalized spacial score (nSPS) is 9.93. The standard InChI is InChI=1S/C12H12BNO/c1-15-13(11-7-3-2-4-8-11)12-9-5-6-10-14-12/h2-10H,1H3. The van der Waals surface area contributed by atoms with Crippen LogP contribution in [0.25, 0.3) is 0 Å². The van der Waals surface area contributed by atoms with E-state index in [1.807, 2.05) is 48.5 Å². The maximum Gasteiger partial charge on any atom is 0.380 e. The summed E-state index contributed by atoms with van der Waals surface area (Å²) < 4.78 is 5.46. The van der Waals surface area contributed by atoms with E-state index in [9.17, 15) is 0 Å². The SMILES string of the molecule is COB(c1ccccc1)c1ccccn1. The fourth-order valence-corrected chi connectivity index (χ4v) is 1.59. The Morgan fingerprint density at radius 3 is 2.33 bits per heavy atom. The molecule has 2 nitrogen and oxygen atoms in total. The molecular weight excluding hydrogens is 185 g/mol. The molecule has 0 spiro atoms. The second-order valence-electron chi connectivity index (χ2n) is 3.28. The van der Waals surface area contributed by atoms with E-state index in [2.05, 4.69) is 4.98 Å². The number of hydrogen-bond donors (Lipinski definition) is 0. The van der Waals surface area contributed by atoms with Crippen LogP contribution in [0, 0.1) is 0 Å². The number of nitrogens with zero attached hydrogens (tertiary/aromatic N) is 1. The molecule has 0 bridgehead atoms. The number of benzene rings is 1. The topological polar surface area (TPSA) is 22.1 Å². The Bertz CT molecular complexity index is 365. The zero-order valence-electron chi connectivity index (χ0n) is 8.63. The number of rotatable bonds is 3. The lowest BCUT2D eigenvalue weighted by Crippen LogP contribution is -2.45. The van der Waals surface area contributed by atoms with Gasteiger partial charge in [0.15, 0.2) is 0 Å². The van der Waals surface area contributed by atoms with Gasteiger partial charge in [-0.15, -0.1) is 0 Å². The molecule has 2 rings (SSSR count). The average Bonchev–Trinajstić information content (AvgIpc) is 2.33. The van der Waals surface area contributed by atoms with Crippen molar-refractivity contribution in [1.82, 2.24) is 4.98 Å². The molecule has 0 fully saturated rings. The van der Waals surface area contributed by atoms with E-state index in [4.69, 9.17) is 4.65 Å². The molecule has 2 aromatic rings. The van der Waals surface area contributed by atoms with Crippen molar-refractivity contribution in [3.05, 3.63) is 54.7 Å². The molecule has 3 heteroatoms. The Balaban J connectivity index is 2.34. The van der Waals surface area contributed by atoms with E-state index in [1.54, 1.807) is 13.3 Å². The highest BCUT2D eigenvalue weighted by molar-refractivity contribution is 6.79. The van der Waals surface area contributed by atoms with Crippen molar-refractivity contribution < 1.29 is 4.65 Å². The summed E-state index contributed by atoms with van der Waals surface area (Å²) in [4.78, 5) is 4.30.